The maximum absolute atomic E-state index is 10.9. The fourth-order valence-electron chi connectivity index (χ4n) is 0.720. The van der Waals surface area contributed by atoms with E-state index < -0.39 is 17.5 Å². The molecule has 1 aromatic rings. The molecule has 6 heteroatoms. The largest absolute Gasteiger partial charge is 0.373 e. The Hall–Kier alpha value is -1.56. The van der Waals surface area contributed by atoms with Crippen molar-refractivity contribution in [1.29, 1.82) is 0 Å². The summed E-state index contributed by atoms with van der Waals surface area (Å²) in [6.45, 7) is 1.46. The Balaban J connectivity index is 3.02. The number of rotatable bonds is 2. The summed E-state index contributed by atoms with van der Waals surface area (Å²) in [6, 6.07) is 1.18. The van der Waals surface area contributed by atoms with Gasteiger partial charge in [-0.25, -0.2) is 9.47 Å². The van der Waals surface area contributed by atoms with Crippen LogP contribution in [0.2, 0.25) is 0 Å². The van der Waals surface area contributed by atoms with E-state index in [-0.39, 0.29) is 0 Å². The number of nitrogens with zero attached hydrogens (tertiary/aromatic N) is 1. The number of aromatic amines is 1. The van der Waals surface area contributed by atoms with Crippen LogP contribution in [0.25, 0.3) is 0 Å². The van der Waals surface area contributed by atoms with Crippen molar-refractivity contribution in [2.75, 3.05) is 5.43 Å². The minimum absolute atomic E-state index is 0.469. The van der Waals surface area contributed by atoms with E-state index >= 15 is 0 Å². The van der Waals surface area contributed by atoms with E-state index in [0.29, 0.717) is 0 Å². The van der Waals surface area contributed by atoms with Gasteiger partial charge in [-0.05, 0) is 6.92 Å². The van der Waals surface area contributed by atoms with Crippen molar-refractivity contribution in [1.82, 2.24) is 9.66 Å². The van der Waals surface area contributed by atoms with Crippen molar-refractivity contribution in [2.24, 2.45) is 0 Å². The monoisotopic (exact) mass is 171 g/mol. The van der Waals surface area contributed by atoms with Gasteiger partial charge in [0.05, 0.1) is 0 Å². The standard InChI is InChI=1S/C6H9N3O3/c1-4(10)8-9-3-2-5(11)7-6(9)12/h2-4,8,10H,1H3,(H,7,11,12). The lowest BCUT2D eigenvalue weighted by atomic mass is 10.6. The van der Waals surface area contributed by atoms with Gasteiger partial charge in [0.2, 0.25) is 0 Å². The van der Waals surface area contributed by atoms with E-state index in [1.165, 1.54) is 19.2 Å². The molecule has 0 bridgehead atoms. The lowest BCUT2D eigenvalue weighted by Gasteiger charge is -2.09. The SMILES string of the molecule is CC(O)Nn1ccc(=O)[nH]c1=O. The molecular weight excluding hydrogens is 162 g/mol. The maximum Gasteiger partial charge on any atom is 0.346 e. The van der Waals surface area contributed by atoms with Gasteiger partial charge in [-0.1, -0.05) is 0 Å². The van der Waals surface area contributed by atoms with Gasteiger partial charge in [0.15, 0.2) is 0 Å². The summed E-state index contributed by atoms with van der Waals surface area (Å²) in [5, 5.41) is 8.84. The normalized spacial score (nSPS) is 12.5. The highest BCUT2D eigenvalue weighted by molar-refractivity contribution is 4.85. The van der Waals surface area contributed by atoms with Crippen molar-refractivity contribution < 1.29 is 5.11 Å². The van der Waals surface area contributed by atoms with Gasteiger partial charge in [0, 0.05) is 12.3 Å². The first kappa shape index (κ1) is 8.54. The van der Waals surface area contributed by atoms with Crippen LogP contribution in [0.1, 0.15) is 6.92 Å². The van der Waals surface area contributed by atoms with E-state index in [1.54, 1.807) is 0 Å². The summed E-state index contributed by atoms with van der Waals surface area (Å²) >= 11 is 0. The highest BCUT2D eigenvalue weighted by Gasteiger charge is 1.96. The van der Waals surface area contributed by atoms with Crippen molar-refractivity contribution in [2.45, 2.75) is 13.2 Å². The predicted octanol–water partition coefficient (Wildman–Crippen LogP) is -1.58. The molecule has 0 saturated heterocycles. The van der Waals surface area contributed by atoms with E-state index in [4.69, 9.17) is 5.11 Å². The van der Waals surface area contributed by atoms with Crippen LogP contribution in [-0.2, 0) is 0 Å². The zero-order valence-corrected chi connectivity index (χ0v) is 6.44. The number of aliphatic hydroxyl groups excluding tert-OH is 1. The second-order valence-electron chi connectivity index (χ2n) is 2.29. The van der Waals surface area contributed by atoms with Crippen molar-refractivity contribution in [3.8, 4) is 0 Å². The van der Waals surface area contributed by atoms with Crippen LogP contribution in [0, 0.1) is 0 Å². The average Bonchev–Trinajstić information content (AvgIpc) is 1.94. The molecular formula is C6H9N3O3. The van der Waals surface area contributed by atoms with Crippen LogP contribution in [0.5, 0.6) is 0 Å². The van der Waals surface area contributed by atoms with E-state index in [1.807, 2.05) is 4.98 Å². The molecule has 0 radical (unpaired) electrons. The lowest BCUT2D eigenvalue weighted by molar-refractivity contribution is 0.206. The smallest absolute Gasteiger partial charge is 0.346 e. The molecule has 0 aliphatic rings. The summed E-state index contributed by atoms with van der Waals surface area (Å²) in [4.78, 5) is 23.5. The highest BCUT2D eigenvalue weighted by Crippen LogP contribution is 1.74. The summed E-state index contributed by atoms with van der Waals surface area (Å²) in [5.41, 5.74) is 1.31. The molecule has 0 spiro atoms. The second-order valence-corrected chi connectivity index (χ2v) is 2.29. The molecule has 1 atom stereocenters. The number of hydrogen-bond donors (Lipinski definition) is 3. The Morgan fingerprint density at radius 1 is 1.67 bits per heavy atom. The molecule has 1 rings (SSSR count). The molecule has 0 amide bonds. The van der Waals surface area contributed by atoms with Crippen LogP contribution >= 0.6 is 0 Å². The van der Waals surface area contributed by atoms with Crippen LogP contribution in [0.3, 0.4) is 0 Å². The number of nitrogens with one attached hydrogen (secondary N) is 2. The zero-order valence-electron chi connectivity index (χ0n) is 6.44. The molecule has 0 aliphatic heterocycles. The van der Waals surface area contributed by atoms with Crippen molar-refractivity contribution in [3.05, 3.63) is 33.1 Å². The van der Waals surface area contributed by atoms with E-state index in [0.717, 1.165) is 4.68 Å². The van der Waals surface area contributed by atoms with E-state index in [2.05, 4.69) is 5.43 Å². The molecule has 12 heavy (non-hydrogen) atoms. The van der Waals surface area contributed by atoms with Crippen LogP contribution in [0.15, 0.2) is 21.9 Å². The first-order valence-corrected chi connectivity index (χ1v) is 3.36. The molecule has 66 valence electrons. The number of aromatic nitrogens is 2. The molecule has 0 saturated carbocycles. The van der Waals surface area contributed by atoms with Crippen LogP contribution in [-0.4, -0.2) is 21.0 Å². The molecule has 1 heterocycles. The summed E-state index contributed by atoms with van der Waals surface area (Å²) < 4.78 is 0.992. The Bertz CT molecular complexity index is 365. The summed E-state index contributed by atoms with van der Waals surface area (Å²) in [5.74, 6) is 0. The molecule has 1 aromatic heterocycles. The van der Waals surface area contributed by atoms with Gasteiger partial charge in [-0.15, -0.1) is 0 Å². The third kappa shape index (κ3) is 1.96. The first-order chi connectivity index (χ1) is 5.59. The molecule has 0 aromatic carbocycles. The maximum atomic E-state index is 10.9. The Kier molecular flexibility index (Phi) is 2.29. The molecule has 0 aliphatic carbocycles. The van der Waals surface area contributed by atoms with Gasteiger partial charge in [0.25, 0.3) is 5.56 Å². The number of hydrogen-bond acceptors (Lipinski definition) is 4. The average molecular weight is 171 g/mol. The summed E-state index contributed by atoms with van der Waals surface area (Å²) in [6.07, 6.45) is 0.391. The Morgan fingerprint density at radius 3 is 2.83 bits per heavy atom. The van der Waals surface area contributed by atoms with Gasteiger partial charge < -0.3 is 5.11 Å². The zero-order chi connectivity index (χ0) is 9.14. The minimum atomic E-state index is -0.853. The lowest BCUT2D eigenvalue weighted by Crippen LogP contribution is -2.37. The molecule has 1 unspecified atom stereocenters. The highest BCUT2D eigenvalue weighted by atomic mass is 16.3. The third-order valence-electron chi connectivity index (χ3n) is 1.15. The fraction of sp³-hybridized carbons (Fsp3) is 0.333. The van der Waals surface area contributed by atoms with E-state index in [9.17, 15) is 9.59 Å². The molecule has 0 fully saturated rings. The third-order valence-corrected chi connectivity index (χ3v) is 1.15. The van der Waals surface area contributed by atoms with Gasteiger partial charge in [0.1, 0.15) is 6.23 Å². The second kappa shape index (κ2) is 3.22. The summed E-state index contributed by atoms with van der Waals surface area (Å²) in [7, 11) is 0. The quantitative estimate of drug-likeness (QED) is 0.468. The Morgan fingerprint density at radius 2 is 2.33 bits per heavy atom. The van der Waals surface area contributed by atoms with Crippen LogP contribution in [0.4, 0.5) is 0 Å². The first-order valence-electron chi connectivity index (χ1n) is 3.36. The van der Waals surface area contributed by atoms with Gasteiger partial charge >= 0.3 is 5.69 Å². The van der Waals surface area contributed by atoms with Gasteiger partial charge in [-0.2, -0.15) is 0 Å². The van der Waals surface area contributed by atoms with Crippen molar-refractivity contribution >= 4 is 0 Å². The fourth-order valence-corrected chi connectivity index (χ4v) is 0.720. The number of aliphatic hydroxyl groups is 1. The Labute approximate surface area is 67.4 Å². The van der Waals surface area contributed by atoms with Gasteiger partial charge in [-0.3, -0.25) is 15.2 Å². The van der Waals surface area contributed by atoms with Crippen LogP contribution < -0.4 is 16.7 Å². The number of H-pyrrole nitrogens is 1. The predicted molar refractivity (Wildman–Crippen MR) is 42.4 cm³/mol. The van der Waals surface area contributed by atoms with Crippen molar-refractivity contribution in [3.63, 3.8) is 0 Å². The molecule has 3 N–H and O–H groups in total. The topological polar surface area (TPSA) is 87.1 Å². The minimum Gasteiger partial charge on any atom is -0.373 e. The molecule has 6 nitrogen and oxygen atoms in total.